The van der Waals surface area contributed by atoms with E-state index in [2.05, 4.69) is 5.10 Å². The van der Waals surface area contributed by atoms with E-state index in [0.717, 1.165) is 5.52 Å². The average Bonchev–Trinajstić information content (AvgIpc) is 2.42. The molecule has 0 aliphatic rings. The van der Waals surface area contributed by atoms with Gasteiger partial charge in [0, 0.05) is 6.20 Å². The normalized spacial score (nSPS) is 10.4. The molecule has 0 amide bonds. The van der Waals surface area contributed by atoms with Gasteiger partial charge in [-0.3, -0.25) is 14.4 Å². The summed E-state index contributed by atoms with van der Waals surface area (Å²) in [5.74, 6) is 0. The van der Waals surface area contributed by atoms with Gasteiger partial charge in [-0.25, -0.2) is 0 Å². The number of aromatic nitrogens is 2. The lowest BCUT2D eigenvalue weighted by atomic mass is 10.4. The van der Waals surface area contributed by atoms with Gasteiger partial charge in [0.2, 0.25) is 0 Å². The molecule has 0 fully saturated rings. The Morgan fingerprint density at radius 2 is 2.50 bits per heavy atom. The third-order valence-electron chi connectivity index (χ3n) is 1.42. The Labute approximate surface area is 57.3 Å². The second-order valence-electron chi connectivity index (χ2n) is 2.07. The SMILES string of the molecule is O=[C]c1cc2cccn2[nH]1. The highest BCUT2D eigenvalue weighted by atomic mass is 16.1. The Morgan fingerprint density at radius 3 is 3.20 bits per heavy atom. The number of nitrogens with zero attached hydrogens (tertiary/aromatic N) is 1. The second-order valence-corrected chi connectivity index (χ2v) is 2.07. The fourth-order valence-electron chi connectivity index (χ4n) is 0.976. The molecular formula is C7H5N2O. The summed E-state index contributed by atoms with van der Waals surface area (Å²) in [5.41, 5.74) is 1.47. The molecule has 2 aromatic heterocycles. The molecule has 1 radical (unpaired) electrons. The molecule has 0 atom stereocenters. The summed E-state index contributed by atoms with van der Waals surface area (Å²) in [7, 11) is 0. The first-order chi connectivity index (χ1) is 4.90. The van der Waals surface area contributed by atoms with Crippen LogP contribution in [-0.2, 0) is 4.79 Å². The Bertz CT molecular complexity index is 330. The molecule has 0 bridgehead atoms. The molecule has 2 aromatic rings. The monoisotopic (exact) mass is 133 g/mol. The van der Waals surface area contributed by atoms with Crippen molar-refractivity contribution >= 4 is 11.8 Å². The lowest BCUT2D eigenvalue weighted by Gasteiger charge is -1.79. The maximum Gasteiger partial charge on any atom is 0.252 e. The largest absolute Gasteiger partial charge is 0.290 e. The van der Waals surface area contributed by atoms with Crippen molar-refractivity contribution in [2.75, 3.05) is 0 Å². The molecular weight excluding hydrogens is 128 g/mol. The van der Waals surface area contributed by atoms with Crippen molar-refractivity contribution in [3.05, 3.63) is 30.1 Å². The van der Waals surface area contributed by atoms with Crippen LogP contribution in [0.1, 0.15) is 5.69 Å². The summed E-state index contributed by atoms with van der Waals surface area (Å²) < 4.78 is 1.76. The number of carbonyl (C=O) groups excluding carboxylic acids is 1. The third kappa shape index (κ3) is 0.572. The minimum atomic E-state index is 0.482. The van der Waals surface area contributed by atoms with Crippen LogP contribution in [0.25, 0.3) is 5.52 Å². The quantitative estimate of drug-likeness (QED) is 0.611. The van der Waals surface area contributed by atoms with E-state index in [-0.39, 0.29) is 0 Å². The first-order valence-corrected chi connectivity index (χ1v) is 2.94. The summed E-state index contributed by atoms with van der Waals surface area (Å²) in [6, 6.07) is 5.56. The van der Waals surface area contributed by atoms with Crippen molar-refractivity contribution in [3.8, 4) is 0 Å². The number of fused-ring (bicyclic) bond motifs is 1. The highest BCUT2D eigenvalue weighted by Crippen LogP contribution is 2.03. The first kappa shape index (κ1) is 5.29. The highest BCUT2D eigenvalue weighted by Gasteiger charge is 1.96. The molecule has 0 aliphatic heterocycles. The fraction of sp³-hybridized carbons (Fsp3) is 0. The van der Waals surface area contributed by atoms with Gasteiger partial charge in [0.25, 0.3) is 6.29 Å². The van der Waals surface area contributed by atoms with Crippen LogP contribution in [0.4, 0.5) is 0 Å². The van der Waals surface area contributed by atoms with E-state index in [0.29, 0.717) is 5.69 Å². The van der Waals surface area contributed by atoms with Crippen LogP contribution in [0.3, 0.4) is 0 Å². The molecule has 1 N–H and O–H groups in total. The van der Waals surface area contributed by atoms with Crippen LogP contribution in [0.5, 0.6) is 0 Å². The van der Waals surface area contributed by atoms with Crippen LogP contribution in [0, 0.1) is 0 Å². The molecule has 0 spiro atoms. The zero-order valence-electron chi connectivity index (χ0n) is 5.16. The van der Waals surface area contributed by atoms with E-state index in [1.54, 1.807) is 16.9 Å². The van der Waals surface area contributed by atoms with Crippen molar-refractivity contribution in [1.82, 2.24) is 9.61 Å². The molecule has 49 valence electrons. The van der Waals surface area contributed by atoms with E-state index in [1.165, 1.54) is 0 Å². The van der Waals surface area contributed by atoms with Crippen LogP contribution in [0.15, 0.2) is 24.4 Å². The molecule has 3 nitrogen and oxygen atoms in total. The molecule has 0 saturated heterocycles. The van der Waals surface area contributed by atoms with E-state index >= 15 is 0 Å². The lowest BCUT2D eigenvalue weighted by molar-refractivity contribution is 0.561. The molecule has 0 unspecified atom stereocenters. The van der Waals surface area contributed by atoms with Gasteiger partial charge >= 0.3 is 0 Å². The van der Waals surface area contributed by atoms with Crippen molar-refractivity contribution < 1.29 is 4.79 Å². The van der Waals surface area contributed by atoms with Crippen LogP contribution in [-0.4, -0.2) is 15.9 Å². The maximum atomic E-state index is 10.1. The number of H-pyrrole nitrogens is 1. The van der Waals surface area contributed by atoms with Crippen LogP contribution >= 0.6 is 0 Å². The summed E-state index contributed by atoms with van der Waals surface area (Å²) >= 11 is 0. The molecule has 2 heterocycles. The smallest absolute Gasteiger partial charge is 0.252 e. The van der Waals surface area contributed by atoms with E-state index in [9.17, 15) is 4.79 Å². The van der Waals surface area contributed by atoms with Gasteiger partial charge in [-0.15, -0.1) is 0 Å². The van der Waals surface area contributed by atoms with Gasteiger partial charge in [0.05, 0.1) is 5.52 Å². The minimum Gasteiger partial charge on any atom is -0.290 e. The Hall–Kier alpha value is -1.51. The van der Waals surface area contributed by atoms with Crippen molar-refractivity contribution in [3.63, 3.8) is 0 Å². The number of nitrogens with one attached hydrogen (secondary N) is 1. The minimum absolute atomic E-state index is 0.482. The predicted molar refractivity (Wildman–Crippen MR) is 36.5 cm³/mol. The van der Waals surface area contributed by atoms with E-state index in [4.69, 9.17) is 0 Å². The molecule has 2 rings (SSSR count). The average molecular weight is 133 g/mol. The summed E-state index contributed by atoms with van der Waals surface area (Å²) in [6.45, 7) is 0. The standard InChI is InChI=1S/C7H5N2O/c10-5-6-4-7-2-1-3-9(7)8-6/h1-4,8H. The Kier molecular flexibility index (Phi) is 0.917. The topological polar surface area (TPSA) is 37.3 Å². The van der Waals surface area contributed by atoms with Gasteiger partial charge in [-0.1, -0.05) is 0 Å². The van der Waals surface area contributed by atoms with E-state index < -0.39 is 0 Å². The molecule has 0 saturated carbocycles. The summed E-state index contributed by atoms with van der Waals surface area (Å²) in [5, 5.41) is 2.82. The van der Waals surface area contributed by atoms with Crippen LogP contribution < -0.4 is 0 Å². The predicted octanol–water partition coefficient (Wildman–Crippen LogP) is 0.725. The summed E-state index contributed by atoms with van der Waals surface area (Å²) in [4.78, 5) is 10.1. The number of hydrogen-bond acceptors (Lipinski definition) is 1. The Morgan fingerprint density at radius 1 is 1.60 bits per heavy atom. The highest BCUT2D eigenvalue weighted by molar-refractivity contribution is 5.75. The molecule has 10 heavy (non-hydrogen) atoms. The van der Waals surface area contributed by atoms with E-state index in [1.807, 2.05) is 18.3 Å². The second kappa shape index (κ2) is 1.73. The third-order valence-corrected chi connectivity index (χ3v) is 1.42. The molecule has 3 heteroatoms. The van der Waals surface area contributed by atoms with Crippen molar-refractivity contribution in [2.45, 2.75) is 0 Å². The fourth-order valence-corrected chi connectivity index (χ4v) is 0.976. The summed E-state index contributed by atoms with van der Waals surface area (Å²) in [6.07, 6.45) is 3.62. The van der Waals surface area contributed by atoms with Gasteiger partial charge in [0.1, 0.15) is 5.69 Å². The van der Waals surface area contributed by atoms with Gasteiger partial charge in [0.15, 0.2) is 0 Å². The number of aromatic amines is 1. The lowest BCUT2D eigenvalue weighted by Crippen LogP contribution is -1.82. The zero-order chi connectivity index (χ0) is 6.97. The first-order valence-electron chi connectivity index (χ1n) is 2.94. The molecule has 0 aromatic carbocycles. The van der Waals surface area contributed by atoms with Gasteiger partial charge in [-0.2, -0.15) is 0 Å². The number of rotatable bonds is 1. The molecule has 0 aliphatic carbocycles. The van der Waals surface area contributed by atoms with Crippen LogP contribution in [0.2, 0.25) is 0 Å². The van der Waals surface area contributed by atoms with Crippen molar-refractivity contribution in [2.24, 2.45) is 0 Å². The van der Waals surface area contributed by atoms with Gasteiger partial charge < -0.3 is 0 Å². The van der Waals surface area contributed by atoms with Crippen molar-refractivity contribution in [1.29, 1.82) is 0 Å². The zero-order valence-corrected chi connectivity index (χ0v) is 5.16. The number of hydrogen-bond donors (Lipinski definition) is 1. The van der Waals surface area contributed by atoms with Gasteiger partial charge in [-0.05, 0) is 18.2 Å². The maximum absolute atomic E-state index is 10.1. The Balaban J connectivity index is 2.78.